The van der Waals surface area contributed by atoms with Gasteiger partial charge in [0.1, 0.15) is 6.10 Å². The van der Waals surface area contributed by atoms with Crippen molar-refractivity contribution in [3.8, 4) is 0 Å². The molecule has 0 aliphatic carbocycles. The van der Waals surface area contributed by atoms with Gasteiger partial charge in [0.2, 0.25) is 0 Å². The summed E-state index contributed by atoms with van der Waals surface area (Å²) in [5, 5.41) is 0.417. The molecule has 0 radical (unpaired) electrons. The smallest absolute Gasteiger partial charge is 0.264 e. The van der Waals surface area contributed by atoms with Gasteiger partial charge in [0.15, 0.2) is 0 Å². The predicted molar refractivity (Wildman–Crippen MR) is 63.3 cm³/mol. The third-order valence-electron chi connectivity index (χ3n) is 2.08. The fourth-order valence-corrected chi connectivity index (χ4v) is 2.16. The number of nitrogens with one attached hydrogen (secondary N) is 1. The normalized spacial score (nSPS) is 13.1. The highest BCUT2D eigenvalue weighted by Crippen LogP contribution is 2.13. The molecule has 17 heavy (non-hydrogen) atoms. The van der Waals surface area contributed by atoms with Gasteiger partial charge in [-0.2, -0.15) is 0 Å². The Balaban J connectivity index is 2.89. The molecule has 94 valence electrons. The molecule has 5 nitrogen and oxygen atoms in total. The number of amides is 1. The SMILES string of the molecule is COC(C)C(=O)NS(=O)(=O)c1ccc(Cl)cc1. The van der Waals surface area contributed by atoms with E-state index >= 15 is 0 Å². The number of hydrogen-bond acceptors (Lipinski definition) is 4. The number of carbonyl (C=O) groups is 1. The maximum Gasteiger partial charge on any atom is 0.264 e. The monoisotopic (exact) mass is 277 g/mol. The molecular formula is C10H12ClNO4S. The van der Waals surface area contributed by atoms with Crippen molar-refractivity contribution < 1.29 is 17.9 Å². The Bertz CT molecular complexity index is 498. The van der Waals surface area contributed by atoms with Crippen molar-refractivity contribution in [2.75, 3.05) is 7.11 Å². The van der Waals surface area contributed by atoms with E-state index in [4.69, 9.17) is 16.3 Å². The molecule has 1 N–H and O–H groups in total. The first kappa shape index (κ1) is 14.0. The van der Waals surface area contributed by atoms with Crippen LogP contribution in [0.4, 0.5) is 0 Å². The first-order valence-electron chi connectivity index (χ1n) is 4.72. The van der Waals surface area contributed by atoms with Crippen LogP contribution in [0.3, 0.4) is 0 Å². The van der Waals surface area contributed by atoms with Gasteiger partial charge in [0.05, 0.1) is 4.90 Å². The molecule has 1 aromatic rings. The van der Waals surface area contributed by atoms with Crippen LogP contribution in [-0.2, 0) is 19.6 Å². The van der Waals surface area contributed by atoms with Crippen molar-refractivity contribution in [2.45, 2.75) is 17.9 Å². The summed E-state index contributed by atoms with van der Waals surface area (Å²) in [5.74, 6) is -0.720. The molecule has 0 heterocycles. The van der Waals surface area contributed by atoms with Crippen LogP contribution in [0, 0.1) is 0 Å². The lowest BCUT2D eigenvalue weighted by atomic mass is 10.4. The van der Waals surface area contributed by atoms with E-state index in [1.165, 1.54) is 38.3 Å². The van der Waals surface area contributed by atoms with E-state index in [0.717, 1.165) is 0 Å². The highest BCUT2D eigenvalue weighted by molar-refractivity contribution is 7.90. The van der Waals surface area contributed by atoms with Gasteiger partial charge >= 0.3 is 0 Å². The van der Waals surface area contributed by atoms with E-state index in [-0.39, 0.29) is 4.90 Å². The van der Waals surface area contributed by atoms with Crippen LogP contribution in [0.25, 0.3) is 0 Å². The van der Waals surface area contributed by atoms with E-state index in [1.54, 1.807) is 0 Å². The van der Waals surface area contributed by atoms with Crippen LogP contribution in [0.5, 0.6) is 0 Å². The summed E-state index contributed by atoms with van der Waals surface area (Å²) in [6.07, 6.45) is -0.836. The van der Waals surface area contributed by atoms with Crippen molar-refractivity contribution in [1.82, 2.24) is 4.72 Å². The molecule has 0 fully saturated rings. The number of ether oxygens (including phenoxy) is 1. The van der Waals surface area contributed by atoms with Crippen LogP contribution >= 0.6 is 11.6 Å². The maximum absolute atomic E-state index is 11.7. The number of rotatable bonds is 4. The molecular weight excluding hydrogens is 266 g/mol. The molecule has 1 rings (SSSR count). The first-order valence-corrected chi connectivity index (χ1v) is 6.58. The second kappa shape index (κ2) is 5.48. The van der Waals surface area contributed by atoms with Crippen LogP contribution < -0.4 is 4.72 Å². The second-order valence-electron chi connectivity index (χ2n) is 3.30. The molecule has 0 aromatic heterocycles. The topological polar surface area (TPSA) is 72.5 Å². The first-order chi connectivity index (χ1) is 7.86. The predicted octanol–water partition coefficient (Wildman–Crippen LogP) is 1.18. The summed E-state index contributed by atoms with van der Waals surface area (Å²) in [4.78, 5) is 11.4. The Hall–Kier alpha value is -1.11. The number of hydrogen-bond donors (Lipinski definition) is 1. The molecule has 1 unspecified atom stereocenters. The molecule has 7 heteroatoms. The third-order valence-corrected chi connectivity index (χ3v) is 3.70. The minimum Gasteiger partial charge on any atom is -0.372 e. The van der Waals surface area contributed by atoms with Crippen molar-refractivity contribution in [1.29, 1.82) is 0 Å². The Morgan fingerprint density at radius 1 is 1.35 bits per heavy atom. The van der Waals surface area contributed by atoms with E-state index in [9.17, 15) is 13.2 Å². The number of halogens is 1. The number of sulfonamides is 1. The van der Waals surface area contributed by atoms with E-state index in [0.29, 0.717) is 5.02 Å². The zero-order valence-electron chi connectivity index (χ0n) is 9.31. The van der Waals surface area contributed by atoms with Gasteiger partial charge in [0, 0.05) is 12.1 Å². The molecule has 0 spiro atoms. The van der Waals surface area contributed by atoms with Gasteiger partial charge < -0.3 is 4.74 Å². The average molecular weight is 278 g/mol. The zero-order valence-corrected chi connectivity index (χ0v) is 10.9. The van der Waals surface area contributed by atoms with Gasteiger partial charge in [-0.1, -0.05) is 11.6 Å². The Morgan fingerprint density at radius 2 is 1.88 bits per heavy atom. The Labute approximate surface area is 105 Å². The lowest BCUT2D eigenvalue weighted by molar-refractivity contribution is -0.128. The standard InChI is InChI=1S/C10H12ClNO4S/c1-7(16-2)10(13)12-17(14,15)9-5-3-8(11)4-6-9/h3-7H,1-2H3,(H,12,13). The van der Waals surface area contributed by atoms with Crippen molar-refractivity contribution >= 4 is 27.5 Å². The molecule has 1 amide bonds. The number of methoxy groups -OCH3 is 1. The lowest BCUT2D eigenvalue weighted by Gasteiger charge is -2.10. The fraction of sp³-hybridized carbons (Fsp3) is 0.300. The summed E-state index contributed by atoms with van der Waals surface area (Å²) in [7, 11) is -2.55. The summed E-state index contributed by atoms with van der Waals surface area (Å²) in [5.41, 5.74) is 0. The van der Waals surface area contributed by atoms with Gasteiger partial charge in [-0.15, -0.1) is 0 Å². The fourth-order valence-electron chi connectivity index (χ4n) is 0.995. The van der Waals surface area contributed by atoms with Crippen LogP contribution in [0.1, 0.15) is 6.92 Å². The largest absolute Gasteiger partial charge is 0.372 e. The highest BCUT2D eigenvalue weighted by Gasteiger charge is 2.21. The number of carbonyl (C=O) groups excluding carboxylic acids is 1. The molecule has 0 saturated heterocycles. The molecule has 1 aromatic carbocycles. The van der Waals surface area contributed by atoms with E-state index in [1.807, 2.05) is 4.72 Å². The molecule has 1 atom stereocenters. The average Bonchev–Trinajstić information content (AvgIpc) is 2.27. The highest BCUT2D eigenvalue weighted by atomic mass is 35.5. The van der Waals surface area contributed by atoms with Crippen molar-refractivity contribution in [2.24, 2.45) is 0 Å². The van der Waals surface area contributed by atoms with E-state index < -0.39 is 22.0 Å². The summed E-state index contributed by atoms with van der Waals surface area (Å²) < 4.78 is 30.1. The minimum atomic E-state index is -3.87. The second-order valence-corrected chi connectivity index (χ2v) is 5.42. The van der Waals surface area contributed by atoms with Gasteiger partial charge in [-0.25, -0.2) is 13.1 Å². The Morgan fingerprint density at radius 3 is 2.35 bits per heavy atom. The van der Waals surface area contributed by atoms with Crippen molar-refractivity contribution in [3.63, 3.8) is 0 Å². The number of benzene rings is 1. The van der Waals surface area contributed by atoms with E-state index in [2.05, 4.69) is 0 Å². The lowest BCUT2D eigenvalue weighted by Crippen LogP contribution is -2.38. The van der Waals surface area contributed by atoms with Crippen molar-refractivity contribution in [3.05, 3.63) is 29.3 Å². The molecule has 0 saturated carbocycles. The van der Waals surface area contributed by atoms with Crippen LogP contribution in [0.15, 0.2) is 29.2 Å². The minimum absolute atomic E-state index is 0.0291. The van der Waals surface area contributed by atoms with Crippen LogP contribution in [0.2, 0.25) is 5.02 Å². The Kier molecular flexibility index (Phi) is 4.50. The van der Waals surface area contributed by atoms with Gasteiger partial charge in [-0.3, -0.25) is 4.79 Å². The molecule has 0 bridgehead atoms. The molecule has 0 aliphatic heterocycles. The van der Waals surface area contributed by atoms with Gasteiger partial charge in [0.25, 0.3) is 15.9 Å². The van der Waals surface area contributed by atoms with Gasteiger partial charge in [-0.05, 0) is 31.2 Å². The zero-order chi connectivity index (χ0) is 13.1. The summed E-state index contributed by atoms with van der Waals surface area (Å²) in [6.45, 7) is 1.45. The maximum atomic E-state index is 11.7. The third kappa shape index (κ3) is 3.69. The molecule has 0 aliphatic rings. The summed E-state index contributed by atoms with van der Waals surface area (Å²) in [6, 6.07) is 5.49. The quantitative estimate of drug-likeness (QED) is 0.897. The summed E-state index contributed by atoms with van der Waals surface area (Å²) >= 11 is 5.64. The van der Waals surface area contributed by atoms with Crippen LogP contribution in [-0.4, -0.2) is 27.5 Å².